The van der Waals surface area contributed by atoms with Crippen LogP contribution in [-0.4, -0.2) is 57.9 Å². The van der Waals surface area contributed by atoms with Gasteiger partial charge in [0.15, 0.2) is 17.5 Å². The Balaban J connectivity index is 1.51. The quantitative estimate of drug-likeness (QED) is 0.553. The van der Waals surface area contributed by atoms with Gasteiger partial charge in [-0.25, -0.2) is 17.7 Å². The molecule has 0 spiro atoms. The molecule has 0 saturated carbocycles. The van der Waals surface area contributed by atoms with Gasteiger partial charge in [0.2, 0.25) is 16.8 Å². The Morgan fingerprint density at radius 3 is 2.67 bits per heavy atom. The maximum atomic E-state index is 11.6. The molecule has 0 unspecified atom stereocenters. The summed E-state index contributed by atoms with van der Waals surface area (Å²) >= 11 is 0. The highest BCUT2D eigenvalue weighted by Crippen LogP contribution is 2.32. The second-order valence-corrected chi connectivity index (χ2v) is 8.85. The molecule has 1 aromatic carbocycles. The van der Waals surface area contributed by atoms with E-state index in [-0.39, 0.29) is 6.79 Å². The molecule has 2 N–H and O–H groups in total. The van der Waals surface area contributed by atoms with Gasteiger partial charge in [0.05, 0.1) is 12.8 Å². The third-order valence-corrected chi connectivity index (χ3v) is 6.10. The second kappa shape index (κ2) is 8.79. The molecule has 0 atom stereocenters. The molecule has 150 valence electrons. The van der Waals surface area contributed by atoms with Crippen LogP contribution in [0.4, 0.5) is 0 Å². The SMILES string of the molecule is CCNC(=NCc1ccc2c(c1)OCO2)NCC1CCN(S(C)(=O)=O)CC1. The maximum Gasteiger partial charge on any atom is 0.231 e. The van der Waals surface area contributed by atoms with Gasteiger partial charge in [-0.2, -0.15) is 0 Å². The Morgan fingerprint density at radius 1 is 1.22 bits per heavy atom. The number of piperidine rings is 1. The summed E-state index contributed by atoms with van der Waals surface area (Å²) in [6.45, 7) is 5.58. The van der Waals surface area contributed by atoms with Crippen LogP contribution in [0.1, 0.15) is 25.3 Å². The van der Waals surface area contributed by atoms with Gasteiger partial charge in [0, 0.05) is 26.2 Å². The van der Waals surface area contributed by atoms with E-state index in [2.05, 4.69) is 15.6 Å². The first-order chi connectivity index (χ1) is 13.0. The summed E-state index contributed by atoms with van der Waals surface area (Å²) in [5, 5.41) is 6.64. The van der Waals surface area contributed by atoms with Crippen LogP contribution >= 0.6 is 0 Å². The van der Waals surface area contributed by atoms with Crippen molar-refractivity contribution in [1.82, 2.24) is 14.9 Å². The zero-order valence-corrected chi connectivity index (χ0v) is 16.7. The van der Waals surface area contributed by atoms with E-state index in [1.807, 2.05) is 25.1 Å². The average molecular weight is 397 g/mol. The molecule has 0 aliphatic carbocycles. The van der Waals surface area contributed by atoms with Crippen LogP contribution in [0.2, 0.25) is 0 Å². The summed E-state index contributed by atoms with van der Waals surface area (Å²) in [4.78, 5) is 4.64. The fraction of sp³-hybridized carbons (Fsp3) is 0.611. The topological polar surface area (TPSA) is 92.3 Å². The molecule has 0 radical (unpaired) electrons. The molecule has 3 rings (SSSR count). The largest absolute Gasteiger partial charge is 0.454 e. The fourth-order valence-corrected chi connectivity index (χ4v) is 4.11. The van der Waals surface area contributed by atoms with Crippen molar-refractivity contribution in [1.29, 1.82) is 0 Å². The minimum Gasteiger partial charge on any atom is -0.454 e. The lowest BCUT2D eigenvalue weighted by Gasteiger charge is -2.30. The highest BCUT2D eigenvalue weighted by Gasteiger charge is 2.24. The molecule has 1 aromatic rings. The van der Waals surface area contributed by atoms with E-state index in [0.29, 0.717) is 25.6 Å². The molecule has 8 nitrogen and oxygen atoms in total. The third kappa shape index (κ3) is 5.49. The molecule has 0 bridgehead atoms. The van der Waals surface area contributed by atoms with Crippen LogP contribution in [0.25, 0.3) is 0 Å². The molecule has 0 amide bonds. The number of hydrogen-bond acceptors (Lipinski definition) is 5. The van der Waals surface area contributed by atoms with Gasteiger partial charge in [-0.15, -0.1) is 0 Å². The van der Waals surface area contributed by atoms with Crippen molar-refractivity contribution >= 4 is 16.0 Å². The van der Waals surface area contributed by atoms with Gasteiger partial charge in [-0.3, -0.25) is 0 Å². The van der Waals surface area contributed by atoms with E-state index in [1.54, 1.807) is 4.31 Å². The molecule has 2 heterocycles. The summed E-state index contributed by atoms with van der Waals surface area (Å²) in [5.41, 5.74) is 1.05. The number of rotatable bonds is 6. The first-order valence-electron chi connectivity index (χ1n) is 9.31. The predicted octanol–water partition coefficient (Wildman–Crippen LogP) is 1.14. The van der Waals surface area contributed by atoms with E-state index in [4.69, 9.17) is 9.47 Å². The number of guanidine groups is 1. The van der Waals surface area contributed by atoms with E-state index in [0.717, 1.165) is 49.0 Å². The Kier molecular flexibility index (Phi) is 6.43. The van der Waals surface area contributed by atoms with Crippen molar-refractivity contribution in [3.63, 3.8) is 0 Å². The summed E-state index contributed by atoms with van der Waals surface area (Å²) in [6.07, 6.45) is 3.00. The smallest absolute Gasteiger partial charge is 0.231 e. The van der Waals surface area contributed by atoms with Gasteiger partial charge < -0.3 is 20.1 Å². The Labute approximate surface area is 161 Å². The van der Waals surface area contributed by atoms with E-state index in [9.17, 15) is 8.42 Å². The Bertz CT molecular complexity index is 774. The third-order valence-electron chi connectivity index (χ3n) is 4.80. The van der Waals surface area contributed by atoms with Crippen LogP contribution in [0, 0.1) is 5.92 Å². The van der Waals surface area contributed by atoms with Crippen LogP contribution in [0.3, 0.4) is 0 Å². The van der Waals surface area contributed by atoms with Gasteiger partial charge in [-0.1, -0.05) is 6.07 Å². The van der Waals surface area contributed by atoms with Crippen molar-refractivity contribution in [2.75, 3.05) is 39.2 Å². The highest BCUT2D eigenvalue weighted by atomic mass is 32.2. The normalized spacial score (nSPS) is 18.5. The lowest BCUT2D eigenvalue weighted by molar-refractivity contribution is 0.174. The monoisotopic (exact) mass is 396 g/mol. The van der Waals surface area contributed by atoms with Gasteiger partial charge >= 0.3 is 0 Å². The molecule has 1 saturated heterocycles. The van der Waals surface area contributed by atoms with E-state index >= 15 is 0 Å². The van der Waals surface area contributed by atoms with Crippen LogP contribution in [-0.2, 0) is 16.6 Å². The van der Waals surface area contributed by atoms with Gasteiger partial charge in [0.25, 0.3) is 0 Å². The lowest BCUT2D eigenvalue weighted by atomic mass is 9.98. The average Bonchev–Trinajstić information content (AvgIpc) is 3.11. The molecule has 2 aliphatic rings. The van der Waals surface area contributed by atoms with E-state index < -0.39 is 10.0 Å². The summed E-state index contributed by atoms with van der Waals surface area (Å²) in [6, 6.07) is 5.85. The zero-order chi connectivity index (χ0) is 19.3. The number of aliphatic imine (C=N–C) groups is 1. The van der Waals surface area contributed by atoms with Crippen molar-refractivity contribution in [2.24, 2.45) is 10.9 Å². The number of hydrogen-bond donors (Lipinski definition) is 2. The van der Waals surface area contributed by atoms with Crippen LogP contribution in [0.15, 0.2) is 23.2 Å². The van der Waals surface area contributed by atoms with Gasteiger partial charge in [0.1, 0.15) is 0 Å². The highest BCUT2D eigenvalue weighted by molar-refractivity contribution is 7.88. The zero-order valence-electron chi connectivity index (χ0n) is 15.9. The standard InChI is InChI=1S/C18H28N4O4S/c1-3-19-18(20-11-14-6-8-22(9-7-14)27(2,23)24)21-12-15-4-5-16-17(10-15)26-13-25-16/h4-5,10,14H,3,6-9,11-13H2,1-2H3,(H2,19,20,21). The molecular weight excluding hydrogens is 368 g/mol. The summed E-state index contributed by atoms with van der Waals surface area (Å²) < 4.78 is 35.5. The number of ether oxygens (including phenoxy) is 2. The Morgan fingerprint density at radius 2 is 1.96 bits per heavy atom. The van der Waals surface area contributed by atoms with Gasteiger partial charge in [-0.05, 0) is 43.4 Å². The molecule has 27 heavy (non-hydrogen) atoms. The minimum absolute atomic E-state index is 0.268. The molecule has 0 aromatic heterocycles. The fourth-order valence-electron chi connectivity index (χ4n) is 3.24. The van der Waals surface area contributed by atoms with Crippen molar-refractivity contribution < 1.29 is 17.9 Å². The summed E-state index contributed by atoms with van der Waals surface area (Å²) in [7, 11) is -3.08. The molecule has 9 heteroatoms. The number of sulfonamides is 1. The number of nitrogens with zero attached hydrogens (tertiary/aromatic N) is 2. The van der Waals surface area contributed by atoms with Crippen molar-refractivity contribution in [3.05, 3.63) is 23.8 Å². The van der Waals surface area contributed by atoms with E-state index in [1.165, 1.54) is 6.26 Å². The molecule has 1 fully saturated rings. The van der Waals surface area contributed by atoms with Crippen LogP contribution in [0.5, 0.6) is 11.5 Å². The second-order valence-electron chi connectivity index (χ2n) is 6.87. The van der Waals surface area contributed by atoms with Crippen molar-refractivity contribution in [2.45, 2.75) is 26.3 Å². The molecular formula is C18H28N4O4S. The number of nitrogens with one attached hydrogen (secondary N) is 2. The Hall–Kier alpha value is -2.00. The molecule has 2 aliphatic heterocycles. The van der Waals surface area contributed by atoms with Crippen LogP contribution < -0.4 is 20.1 Å². The number of fused-ring (bicyclic) bond motifs is 1. The first kappa shape index (κ1) is 19.8. The minimum atomic E-state index is -3.08. The maximum absolute atomic E-state index is 11.6. The van der Waals surface area contributed by atoms with Crippen molar-refractivity contribution in [3.8, 4) is 11.5 Å². The first-order valence-corrected chi connectivity index (χ1v) is 11.2. The lowest BCUT2D eigenvalue weighted by Crippen LogP contribution is -2.44. The predicted molar refractivity (Wildman–Crippen MR) is 105 cm³/mol. The summed E-state index contributed by atoms with van der Waals surface area (Å²) in [5.74, 6) is 2.74. The number of benzene rings is 1.